The number of aromatic hydroxyl groups is 1. The molecule has 35 heavy (non-hydrogen) atoms. The minimum Gasteiger partial charge on any atom is -0.502 e. The molecule has 1 amide bonds. The van der Waals surface area contributed by atoms with Gasteiger partial charge in [0, 0.05) is 6.54 Å². The summed E-state index contributed by atoms with van der Waals surface area (Å²) in [7, 11) is 2.86. The van der Waals surface area contributed by atoms with Crippen LogP contribution in [0.4, 0.5) is 5.69 Å². The molecule has 0 radical (unpaired) electrons. The van der Waals surface area contributed by atoms with E-state index in [0.29, 0.717) is 21.3 Å². The first kappa shape index (κ1) is 26.2. The molecule has 2 aromatic carbocycles. The van der Waals surface area contributed by atoms with Crippen LogP contribution in [0.15, 0.2) is 52.4 Å². The summed E-state index contributed by atoms with van der Waals surface area (Å²) in [6, 6.07) is 12.5. The highest BCUT2D eigenvalue weighted by Crippen LogP contribution is 2.40. The predicted octanol–water partition coefficient (Wildman–Crippen LogP) is 5.15. The lowest BCUT2D eigenvalue weighted by atomic mass is 9.79. The van der Waals surface area contributed by atoms with Crippen LogP contribution in [0, 0.1) is 11.3 Å². The Morgan fingerprint density at radius 2 is 1.74 bits per heavy atom. The van der Waals surface area contributed by atoms with E-state index >= 15 is 0 Å². The van der Waals surface area contributed by atoms with Gasteiger partial charge in [-0.2, -0.15) is 0 Å². The topological polar surface area (TPSA) is 109 Å². The number of methoxy groups -OCH3 is 2. The molecule has 0 bridgehead atoms. The molecule has 0 aromatic heterocycles. The summed E-state index contributed by atoms with van der Waals surface area (Å²) in [6.07, 6.45) is 1.96. The zero-order chi connectivity index (χ0) is 25.8. The van der Waals surface area contributed by atoms with Crippen LogP contribution in [0.25, 0.3) is 6.08 Å². The molecule has 1 atom stereocenters. The lowest BCUT2D eigenvalue weighted by Crippen LogP contribution is -2.36. The second kappa shape index (κ2) is 10.9. The number of benzene rings is 2. The molecule has 1 saturated heterocycles. The van der Waals surface area contributed by atoms with E-state index in [0.717, 1.165) is 0 Å². The van der Waals surface area contributed by atoms with Gasteiger partial charge in [0.15, 0.2) is 16.7 Å². The number of carbonyl (C=O) groups is 2. The molecular formula is C26H30N2O6S. The third-order valence-corrected chi connectivity index (χ3v) is 6.66. The number of thioether (sulfide) groups is 1. The molecule has 1 heterocycles. The molecule has 2 aromatic rings. The Hall–Kier alpha value is -3.46. The van der Waals surface area contributed by atoms with E-state index in [1.807, 2.05) is 51.1 Å². The molecule has 1 unspecified atom stereocenters. The lowest BCUT2D eigenvalue weighted by Gasteiger charge is -2.28. The number of phenolic OH excluding ortho intramolecular Hbond substituents is 1. The van der Waals surface area contributed by atoms with Crippen LogP contribution in [0.5, 0.6) is 17.2 Å². The van der Waals surface area contributed by atoms with Crippen molar-refractivity contribution < 1.29 is 29.3 Å². The largest absolute Gasteiger partial charge is 0.502 e. The first-order chi connectivity index (χ1) is 16.5. The number of aliphatic carboxylic acids is 1. The van der Waals surface area contributed by atoms with Crippen molar-refractivity contribution in [3.8, 4) is 17.2 Å². The van der Waals surface area contributed by atoms with Gasteiger partial charge in [0.1, 0.15) is 0 Å². The van der Waals surface area contributed by atoms with E-state index in [9.17, 15) is 19.8 Å². The summed E-state index contributed by atoms with van der Waals surface area (Å²) in [4.78, 5) is 31.9. The molecular weight excluding hydrogens is 468 g/mol. The van der Waals surface area contributed by atoms with Gasteiger partial charge in [-0.1, -0.05) is 39.0 Å². The fourth-order valence-electron chi connectivity index (χ4n) is 3.74. The van der Waals surface area contributed by atoms with Gasteiger partial charge in [-0.05, 0) is 59.5 Å². The smallest absolute Gasteiger partial charge is 0.307 e. The third kappa shape index (κ3) is 6.16. The molecule has 9 heteroatoms. The van der Waals surface area contributed by atoms with Gasteiger partial charge in [-0.25, -0.2) is 4.99 Å². The molecule has 0 spiro atoms. The molecule has 1 aliphatic heterocycles. The number of hydrogen-bond donors (Lipinski definition) is 2. The second-order valence-electron chi connectivity index (χ2n) is 9.12. The lowest BCUT2D eigenvalue weighted by molar-refractivity contribution is -0.146. The van der Waals surface area contributed by atoms with E-state index < -0.39 is 17.3 Å². The van der Waals surface area contributed by atoms with Crippen LogP contribution >= 0.6 is 11.8 Å². The van der Waals surface area contributed by atoms with E-state index in [-0.39, 0.29) is 36.1 Å². The summed E-state index contributed by atoms with van der Waals surface area (Å²) in [5.74, 6) is -1.48. The van der Waals surface area contributed by atoms with Crippen molar-refractivity contribution in [3.63, 3.8) is 0 Å². The number of nitrogens with zero attached hydrogens (tertiary/aromatic N) is 2. The van der Waals surface area contributed by atoms with Crippen molar-refractivity contribution in [2.45, 2.75) is 27.2 Å². The molecule has 1 aliphatic rings. The Labute approximate surface area is 209 Å². The number of amides is 1. The van der Waals surface area contributed by atoms with Crippen molar-refractivity contribution in [3.05, 3.63) is 52.9 Å². The maximum atomic E-state index is 13.4. The number of aliphatic imine (C=N–C) groups is 1. The van der Waals surface area contributed by atoms with Crippen molar-refractivity contribution in [2.24, 2.45) is 16.3 Å². The highest BCUT2D eigenvalue weighted by Gasteiger charge is 2.37. The molecule has 2 N–H and O–H groups in total. The first-order valence-electron chi connectivity index (χ1n) is 11.1. The number of carboxylic acids is 1. The van der Waals surface area contributed by atoms with Gasteiger partial charge in [0.05, 0.1) is 30.7 Å². The average Bonchev–Trinajstić information content (AvgIpc) is 3.08. The number of phenols is 1. The Morgan fingerprint density at radius 1 is 1.14 bits per heavy atom. The minimum absolute atomic E-state index is 0.127. The van der Waals surface area contributed by atoms with E-state index in [4.69, 9.17) is 9.47 Å². The monoisotopic (exact) mass is 498 g/mol. The Balaban J connectivity index is 1.98. The number of para-hydroxylation sites is 1. The Kier molecular flexibility index (Phi) is 8.11. The summed E-state index contributed by atoms with van der Waals surface area (Å²) in [6.45, 7) is 5.85. The molecule has 1 fully saturated rings. The number of hydrogen-bond acceptors (Lipinski definition) is 7. The molecule has 186 valence electrons. The number of rotatable bonds is 8. The van der Waals surface area contributed by atoms with Crippen LogP contribution in [-0.2, 0) is 9.59 Å². The number of ether oxygens (including phenoxy) is 2. The van der Waals surface area contributed by atoms with Gasteiger partial charge in [-0.15, -0.1) is 0 Å². The van der Waals surface area contributed by atoms with Crippen LogP contribution in [0.2, 0.25) is 0 Å². The SMILES string of the molecule is COc1cc(/C=C2\S/C(=N\c3ccccc3)N(CCC(C(=O)O)C(C)(C)C)C2=O)cc(OC)c1O. The Bertz CT molecular complexity index is 1130. The normalized spacial score (nSPS) is 17.2. The van der Waals surface area contributed by atoms with Gasteiger partial charge in [0.2, 0.25) is 5.75 Å². The molecule has 3 rings (SSSR count). The number of carbonyl (C=O) groups excluding carboxylic acids is 1. The zero-order valence-corrected chi connectivity index (χ0v) is 21.3. The first-order valence-corrected chi connectivity index (χ1v) is 11.9. The van der Waals surface area contributed by atoms with Gasteiger partial charge >= 0.3 is 5.97 Å². The fraction of sp³-hybridized carbons (Fsp3) is 0.346. The van der Waals surface area contributed by atoms with Crippen molar-refractivity contribution in [1.29, 1.82) is 0 Å². The van der Waals surface area contributed by atoms with Gasteiger partial charge in [-0.3, -0.25) is 14.5 Å². The minimum atomic E-state index is -0.891. The molecule has 0 aliphatic carbocycles. The average molecular weight is 499 g/mol. The van der Waals surface area contributed by atoms with Gasteiger partial charge in [0.25, 0.3) is 5.91 Å². The number of amidine groups is 1. The number of carboxylic acid groups (broad SMARTS) is 1. The maximum absolute atomic E-state index is 13.4. The zero-order valence-electron chi connectivity index (χ0n) is 20.4. The van der Waals surface area contributed by atoms with Gasteiger partial charge < -0.3 is 19.7 Å². The summed E-state index contributed by atoms with van der Waals surface area (Å²) in [5.41, 5.74) is 0.829. The Morgan fingerprint density at radius 3 is 2.26 bits per heavy atom. The maximum Gasteiger partial charge on any atom is 0.307 e. The summed E-state index contributed by atoms with van der Waals surface area (Å²) >= 11 is 1.21. The standard InChI is InChI=1S/C26H30N2O6S/c1-26(2,3)18(24(31)32)11-12-28-23(30)21(35-25(28)27-17-9-7-6-8-10-17)15-16-13-19(33-4)22(29)20(14-16)34-5/h6-10,13-15,18,29H,11-12H2,1-5H3,(H,31,32)/b21-15-,27-25-. The van der Waals surface area contributed by atoms with E-state index in [1.165, 1.54) is 30.9 Å². The van der Waals surface area contributed by atoms with Crippen molar-refractivity contribution >= 4 is 40.6 Å². The van der Waals surface area contributed by atoms with Crippen molar-refractivity contribution in [1.82, 2.24) is 4.90 Å². The summed E-state index contributed by atoms with van der Waals surface area (Å²) in [5, 5.41) is 20.4. The van der Waals surface area contributed by atoms with Crippen LogP contribution in [0.1, 0.15) is 32.8 Å². The van der Waals surface area contributed by atoms with E-state index in [2.05, 4.69) is 4.99 Å². The van der Waals surface area contributed by atoms with Crippen molar-refractivity contribution in [2.75, 3.05) is 20.8 Å². The predicted molar refractivity (Wildman–Crippen MR) is 137 cm³/mol. The van der Waals surface area contributed by atoms with Crippen LogP contribution in [0.3, 0.4) is 0 Å². The molecule has 8 nitrogen and oxygen atoms in total. The highest BCUT2D eigenvalue weighted by molar-refractivity contribution is 8.18. The quantitative estimate of drug-likeness (QED) is 0.485. The second-order valence-corrected chi connectivity index (χ2v) is 10.1. The summed E-state index contributed by atoms with van der Waals surface area (Å²) < 4.78 is 10.4. The fourth-order valence-corrected chi connectivity index (χ4v) is 4.76. The van der Waals surface area contributed by atoms with E-state index in [1.54, 1.807) is 18.2 Å². The highest BCUT2D eigenvalue weighted by atomic mass is 32.2. The van der Waals surface area contributed by atoms with Crippen LogP contribution < -0.4 is 9.47 Å². The molecule has 0 saturated carbocycles. The third-order valence-electron chi connectivity index (χ3n) is 5.65. The van der Waals surface area contributed by atoms with Crippen LogP contribution in [-0.4, -0.2) is 52.9 Å².